The highest BCUT2D eigenvalue weighted by Gasteiger charge is 2.03. The molecule has 0 radical (unpaired) electrons. The Morgan fingerprint density at radius 1 is 1.26 bits per heavy atom. The summed E-state index contributed by atoms with van der Waals surface area (Å²) in [6.45, 7) is 2.28. The Bertz CT molecular complexity index is 473. The van der Waals surface area contributed by atoms with Crippen LogP contribution in [0.1, 0.15) is 12.0 Å². The van der Waals surface area contributed by atoms with Gasteiger partial charge in [0.2, 0.25) is 0 Å². The number of ether oxygens (including phenoxy) is 2. The fourth-order valence-corrected chi connectivity index (χ4v) is 1.85. The van der Waals surface area contributed by atoms with E-state index in [4.69, 9.17) is 19.8 Å². The van der Waals surface area contributed by atoms with Gasteiger partial charge in [0.05, 0.1) is 20.0 Å². The molecule has 1 aromatic carbocycles. The molecule has 0 spiro atoms. The van der Waals surface area contributed by atoms with Crippen molar-refractivity contribution in [1.29, 1.82) is 0 Å². The second-order valence-corrected chi connectivity index (χ2v) is 5.31. The molecule has 6 nitrogen and oxygen atoms in total. The van der Waals surface area contributed by atoms with Gasteiger partial charge in [0.25, 0.3) is 10.1 Å². The first-order valence-electron chi connectivity index (χ1n) is 5.68. The molecule has 1 rings (SSSR count). The predicted molar refractivity (Wildman–Crippen MR) is 74.4 cm³/mol. The Balaban J connectivity index is 0.000000362. The summed E-state index contributed by atoms with van der Waals surface area (Å²) in [4.78, 5) is 0. The van der Waals surface area contributed by atoms with Crippen LogP contribution in [0.25, 0.3) is 0 Å². The van der Waals surface area contributed by atoms with Crippen molar-refractivity contribution in [3.8, 4) is 11.5 Å². The molecule has 0 aliphatic rings. The van der Waals surface area contributed by atoms with Crippen LogP contribution in [-0.2, 0) is 10.1 Å². The number of rotatable bonds is 5. The summed E-state index contributed by atoms with van der Waals surface area (Å²) >= 11 is 0. The zero-order valence-corrected chi connectivity index (χ0v) is 12.2. The van der Waals surface area contributed by atoms with Crippen molar-refractivity contribution < 1.29 is 22.4 Å². The third-order valence-electron chi connectivity index (χ3n) is 2.21. The molecular weight excluding hydrogens is 270 g/mol. The quantitative estimate of drug-likeness (QED) is 0.792. The Kier molecular flexibility index (Phi) is 8.13. The second kappa shape index (κ2) is 8.73. The van der Waals surface area contributed by atoms with Crippen LogP contribution in [0.5, 0.6) is 11.5 Å². The highest BCUT2D eigenvalue weighted by Crippen LogP contribution is 2.29. The number of aryl methyl sites for hydroxylation is 1. The van der Waals surface area contributed by atoms with E-state index in [2.05, 4.69) is 0 Å². The summed E-state index contributed by atoms with van der Waals surface area (Å²) in [5.74, 6) is 1.37. The van der Waals surface area contributed by atoms with E-state index in [1.807, 2.05) is 25.1 Å². The van der Waals surface area contributed by atoms with E-state index in [1.54, 1.807) is 14.2 Å². The third-order valence-corrected chi connectivity index (χ3v) is 3.01. The second-order valence-electron chi connectivity index (χ2n) is 3.74. The SMILES string of the molecule is COc1cccc(C)c1OC.NCCCS(=O)(=O)O. The van der Waals surface area contributed by atoms with Crippen molar-refractivity contribution in [3.63, 3.8) is 0 Å². The van der Waals surface area contributed by atoms with Gasteiger partial charge in [0.1, 0.15) is 0 Å². The van der Waals surface area contributed by atoms with Crippen molar-refractivity contribution in [2.45, 2.75) is 13.3 Å². The van der Waals surface area contributed by atoms with E-state index in [-0.39, 0.29) is 5.75 Å². The Hall–Kier alpha value is -1.31. The smallest absolute Gasteiger partial charge is 0.264 e. The van der Waals surface area contributed by atoms with Crippen LogP contribution in [0.2, 0.25) is 0 Å². The first kappa shape index (κ1) is 17.7. The van der Waals surface area contributed by atoms with Gasteiger partial charge in [-0.25, -0.2) is 0 Å². The number of nitrogens with two attached hydrogens (primary N) is 1. The molecule has 0 aliphatic carbocycles. The highest BCUT2D eigenvalue weighted by atomic mass is 32.2. The predicted octanol–water partition coefficient (Wildman–Crippen LogP) is 1.24. The molecule has 110 valence electrons. The molecule has 0 saturated carbocycles. The van der Waals surface area contributed by atoms with Gasteiger partial charge < -0.3 is 15.2 Å². The van der Waals surface area contributed by atoms with Gasteiger partial charge in [-0.1, -0.05) is 12.1 Å². The zero-order valence-electron chi connectivity index (χ0n) is 11.4. The number of methoxy groups -OCH3 is 2. The van der Waals surface area contributed by atoms with Gasteiger partial charge in [-0.15, -0.1) is 0 Å². The Labute approximate surface area is 114 Å². The van der Waals surface area contributed by atoms with E-state index in [0.717, 1.165) is 17.1 Å². The van der Waals surface area contributed by atoms with Gasteiger partial charge in [0, 0.05) is 0 Å². The molecule has 0 heterocycles. The third kappa shape index (κ3) is 7.66. The molecule has 0 aromatic heterocycles. The van der Waals surface area contributed by atoms with Crippen molar-refractivity contribution in [1.82, 2.24) is 0 Å². The van der Waals surface area contributed by atoms with Crippen LogP contribution in [0.3, 0.4) is 0 Å². The maximum Gasteiger partial charge on any atom is 0.264 e. The minimum absolute atomic E-state index is 0.233. The lowest BCUT2D eigenvalue weighted by Crippen LogP contribution is -2.09. The molecule has 1 aromatic rings. The lowest BCUT2D eigenvalue weighted by atomic mass is 10.2. The average Bonchev–Trinajstić information content (AvgIpc) is 2.35. The van der Waals surface area contributed by atoms with Gasteiger partial charge in [-0.3, -0.25) is 4.55 Å². The van der Waals surface area contributed by atoms with Gasteiger partial charge in [-0.05, 0) is 31.5 Å². The summed E-state index contributed by atoms with van der Waals surface area (Å²) in [7, 11) is -0.486. The highest BCUT2D eigenvalue weighted by molar-refractivity contribution is 7.85. The van der Waals surface area contributed by atoms with Crippen LogP contribution >= 0.6 is 0 Å². The fourth-order valence-electron chi connectivity index (χ4n) is 1.31. The van der Waals surface area contributed by atoms with Crippen molar-refractivity contribution >= 4 is 10.1 Å². The molecule has 19 heavy (non-hydrogen) atoms. The molecule has 7 heteroatoms. The lowest BCUT2D eigenvalue weighted by molar-refractivity contribution is 0.353. The number of benzene rings is 1. The van der Waals surface area contributed by atoms with E-state index in [9.17, 15) is 8.42 Å². The number of hydrogen-bond donors (Lipinski definition) is 2. The maximum absolute atomic E-state index is 9.89. The number of hydrogen-bond acceptors (Lipinski definition) is 5. The number of para-hydroxylation sites is 1. The van der Waals surface area contributed by atoms with Crippen molar-refractivity contribution in [2.24, 2.45) is 5.73 Å². The first-order chi connectivity index (χ1) is 8.85. The van der Waals surface area contributed by atoms with Crippen LogP contribution in [-0.4, -0.2) is 39.5 Å². The van der Waals surface area contributed by atoms with Crippen LogP contribution < -0.4 is 15.2 Å². The van der Waals surface area contributed by atoms with Crippen molar-refractivity contribution in [2.75, 3.05) is 26.5 Å². The Morgan fingerprint density at radius 3 is 2.21 bits per heavy atom. The summed E-state index contributed by atoms with van der Waals surface area (Å²) < 4.78 is 38.1. The summed E-state index contributed by atoms with van der Waals surface area (Å²) in [5.41, 5.74) is 6.05. The summed E-state index contributed by atoms with van der Waals surface area (Å²) in [5, 5.41) is 0. The lowest BCUT2D eigenvalue weighted by Gasteiger charge is -2.08. The fraction of sp³-hybridized carbons (Fsp3) is 0.500. The molecule has 0 amide bonds. The van der Waals surface area contributed by atoms with E-state index >= 15 is 0 Å². The average molecular weight is 291 g/mol. The minimum Gasteiger partial charge on any atom is -0.493 e. The molecule has 0 atom stereocenters. The van der Waals surface area contributed by atoms with Crippen molar-refractivity contribution in [3.05, 3.63) is 23.8 Å². The van der Waals surface area contributed by atoms with Gasteiger partial charge in [-0.2, -0.15) is 8.42 Å². The molecule has 0 fully saturated rings. The van der Waals surface area contributed by atoms with E-state index in [1.165, 1.54) is 0 Å². The van der Waals surface area contributed by atoms with Gasteiger partial charge >= 0.3 is 0 Å². The first-order valence-corrected chi connectivity index (χ1v) is 7.29. The molecular formula is C12H21NO5S. The zero-order chi connectivity index (χ0) is 14.9. The molecule has 3 N–H and O–H groups in total. The van der Waals surface area contributed by atoms with E-state index < -0.39 is 10.1 Å². The standard InChI is InChI=1S/C9H12O2.C3H9NO3S/c1-7-5-4-6-8(10-2)9(7)11-3;4-2-1-3-8(5,6)7/h4-6H,1-3H3;1-4H2,(H,5,6,7). The molecule has 0 bridgehead atoms. The van der Waals surface area contributed by atoms with Crippen LogP contribution in [0.4, 0.5) is 0 Å². The minimum atomic E-state index is -3.77. The molecule has 0 aliphatic heterocycles. The Morgan fingerprint density at radius 2 is 1.89 bits per heavy atom. The maximum atomic E-state index is 9.89. The normalized spacial score (nSPS) is 10.4. The van der Waals surface area contributed by atoms with Crippen LogP contribution in [0.15, 0.2) is 18.2 Å². The van der Waals surface area contributed by atoms with E-state index in [0.29, 0.717) is 13.0 Å². The monoisotopic (exact) mass is 291 g/mol. The summed E-state index contributed by atoms with van der Waals surface area (Å²) in [6, 6.07) is 5.81. The molecule has 0 saturated heterocycles. The topological polar surface area (TPSA) is 98.9 Å². The largest absolute Gasteiger partial charge is 0.493 e. The summed E-state index contributed by atoms with van der Waals surface area (Å²) in [6.07, 6.45) is 0.318. The van der Waals surface area contributed by atoms with Gasteiger partial charge in [0.15, 0.2) is 11.5 Å². The van der Waals surface area contributed by atoms with Crippen LogP contribution in [0, 0.1) is 6.92 Å². The molecule has 0 unspecified atom stereocenters.